The van der Waals surface area contributed by atoms with Crippen LogP contribution in [0.2, 0.25) is 0 Å². The number of benzene rings is 6. The first-order valence-electron chi connectivity index (χ1n) is 20.4. The zero-order valence-corrected chi connectivity index (χ0v) is 36.3. The number of nitrogens with zero attached hydrogens (tertiary/aromatic N) is 4. The fourth-order valence-corrected chi connectivity index (χ4v) is 7.84. The molecule has 6 heteroatoms. The Hall–Kier alpha value is -6.72. The molecule has 0 spiro atoms. The van der Waals surface area contributed by atoms with Crippen LogP contribution in [0.25, 0.3) is 55.8 Å². The van der Waals surface area contributed by atoms with Crippen molar-refractivity contribution >= 4 is 21.9 Å². The second-order valence-electron chi connectivity index (χ2n) is 14.9. The Morgan fingerprint density at radius 3 is 1.90 bits per heavy atom. The standard InChI is InChI=1S/C39H32N2.C16H11N2O.Ir/c1-2-14-34(15-3-1)39-28-31(24-26-41-39)21-23-33-13-5-7-17-36(33)29-35-16-6-4-12-32(35)22-20-30-11-10-18-37(27-30)38-19-8-9-25-40-38;1-18-10-9-17-16(18)13-7-4-6-12-11-5-2-3-8-14(11)19-15(12)13;/h1-14,16-17,19,24-28H,20-23,29H2;2-6,8-10H,1H3;/q-2;-1;+3. The van der Waals surface area contributed by atoms with Gasteiger partial charge >= 0.3 is 20.1 Å². The number of pyridine rings is 2. The van der Waals surface area contributed by atoms with Crippen LogP contribution < -0.4 is 0 Å². The van der Waals surface area contributed by atoms with Crippen molar-refractivity contribution in [3.63, 3.8) is 0 Å². The predicted molar refractivity (Wildman–Crippen MR) is 242 cm³/mol. The third-order valence-electron chi connectivity index (χ3n) is 11.0. The maximum atomic E-state index is 5.98. The van der Waals surface area contributed by atoms with E-state index < -0.39 is 0 Å². The molecule has 0 N–H and O–H groups in total. The normalized spacial score (nSPS) is 10.9. The summed E-state index contributed by atoms with van der Waals surface area (Å²) in [6.07, 6.45) is 12.3. The first-order valence-corrected chi connectivity index (χ1v) is 20.4. The molecule has 298 valence electrons. The maximum absolute atomic E-state index is 5.98. The van der Waals surface area contributed by atoms with Crippen molar-refractivity contribution in [3.8, 4) is 33.9 Å². The number of hydrogen-bond acceptors (Lipinski definition) is 4. The molecule has 0 aliphatic carbocycles. The van der Waals surface area contributed by atoms with E-state index in [0.717, 1.165) is 87.9 Å². The van der Waals surface area contributed by atoms with Crippen LogP contribution in [0.3, 0.4) is 0 Å². The van der Waals surface area contributed by atoms with Crippen LogP contribution in [-0.2, 0) is 59.3 Å². The summed E-state index contributed by atoms with van der Waals surface area (Å²) in [5.41, 5.74) is 14.9. The molecule has 10 rings (SSSR count). The molecule has 10 aromatic rings. The van der Waals surface area contributed by atoms with Crippen molar-refractivity contribution in [1.82, 2.24) is 19.5 Å². The molecule has 0 amide bonds. The van der Waals surface area contributed by atoms with E-state index in [2.05, 4.69) is 118 Å². The minimum Gasteiger partial charge on any atom is -0.501 e. The van der Waals surface area contributed by atoms with Gasteiger partial charge in [0, 0.05) is 37.2 Å². The van der Waals surface area contributed by atoms with Crippen LogP contribution in [0.5, 0.6) is 0 Å². The monoisotopic (exact) mass is 968 g/mol. The molecule has 6 aromatic carbocycles. The molecule has 0 radical (unpaired) electrons. The zero-order chi connectivity index (χ0) is 40.5. The molecule has 61 heavy (non-hydrogen) atoms. The third-order valence-corrected chi connectivity index (χ3v) is 11.0. The molecule has 0 aliphatic rings. The van der Waals surface area contributed by atoms with Crippen LogP contribution in [0.4, 0.5) is 0 Å². The molecule has 0 fully saturated rings. The van der Waals surface area contributed by atoms with E-state index in [0.29, 0.717) is 0 Å². The van der Waals surface area contributed by atoms with E-state index in [1.54, 1.807) is 6.20 Å². The van der Waals surface area contributed by atoms with E-state index in [-0.39, 0.29) is 20.1 Å². The van der Waals surface area contributed by atoms with Crippen molar-refractivity contribution in [2.45, 2.75) is 32.1 Å². The minimum absolute atomic E-state index is 0. The molecule has 4 aromatic heterocycles. The molecular formula is C55H43IrN4O. The van der Waals surface area contributed by atoms with E-state index in [4.69, 9.17) is 4.42 Å². The number of aromatic nitrogens is 4. The second kappa shape index (κ2) is 19.6. The van der Waals surface area contributed by atoms with E-state index >= 15 is 0 Å². The molecule has 0 bridgehead atoms. The molecule has 0 saturated carbocycles. The van der Waals surface area contributed by atoms with Crippen molar-refractivity contribution < 1.29 is 24.5 Å². The van der Waals surface area contributed by atoms with Gasteiger partial charge in [-0.3, -0.25) is 4.98 Å². The van der Waals surface area contributed by atoms with Crippen molar-refractivity contribution in [2.24, 2.45) is 7.05 Å². The van der Waals surface area contributed by atoms with E-state index in [1.807, 2.05) is 103 Å². The summed E-state index contributed by atoms with van der Waals surface area (Å²) in [6.45, 7) is 0. The summed E-state index contributed by atoms with van der Waals surface area (Å²) in [5, 5.41) is 2.23. The number of rotatable bonds is 11. The van der Waals surface area contributed by atoms with Crippen molar-refractivity contribution in [2.75, 3.05) is 0 Å². The molecule has 0 saturated heterocycles. The molecule has 5 nitrogen and oxygen atoms in total. The van der Waals surface area contributed by atoms with Gasteiger partial charge in [0.05, 0.1) is 11.4 Å². The molecule has 0 unspecified atom stereocenters. The number of para-hydroxylation sites is 1. The molecular weight excluding hydrogens is 925 g/mol. The first kappa shape index (κ1) is 41.0. The Morgan fingerprint density at radius 1 is 0.508 bits per heavy atom. The van der Waals surface area contributed by atoms with Gasteiger partial charge < -0.3 is 19.0 Å². The summed E-state index contributed by atoms with van der Waals surface area (Å²) in [7, 11) is 1.97. The quantitative estimate of drug-likeness (QED) is 0.121. The van der Waals surface area contributed by atoms with Crippen molar-refractivity contribution in [3.05, 3.63) is 234 Å². The summed E-state index contributed by atoms with van der Waals surface area (Å²) in [5.74, 6) is 0.865. The Morgan fingerprint density at radius 2 is 1.18 bits per heavy atom. The molecule has 4 heterocycles. The van der Waals surface area contributed by atoms with Crippen molar-refractivity contribution in [1.29, 1.82) is 0 Å². The van der Waals surface area contributed by atoms with Gasteiger partial charge in [-0.1, -0.05) is 101 Å². The Bertz CT molecular complexity index is 2860. The van der Waals surface area contributed by atoms with Gasteiger partial charge in [0.25, 0.3) is 0 Å². The van der Waals surface area contributed by atoms with Gasteiger partial charge in [-0.05, 0) is 83.9 Å². The van der Waals surface area contributed by atoms with Gasteiger partial charge in [0.15, 0.2) is 0 Å². The van der Waals surface area contributed by atoms with E-state index in [9.17, 15) is 0 Å². The van der Waals surface area contributed by atoms with Crippen LogP contribution in [-0.4, -0.2) is 19.5 Å². The van der Waals surface area contributed by atoms with Crippen LogP contribution in [0.15, 0.2) is 187 Å². The van der Waals surface area contributed by atoms with Gasteiger partial charge in [-0.25, -0.2) is 0 Å². The van der Waals surface area contributed by atoms with Gasteiger partial charge in [-0.15, -0.1) is 89.5 Å². The first-order chi connectivity index (χ1) is 29.7. The third kappa shape index (κ3) is 9.68. The van der Waals surface area contributed by atoms with E-state index in [1.165, 1.54) is 33.4 Å². The predicted octanol–water partition coefficient (Wildman–Crippen LogP) is 12.4. The smallest absolute Gasteiger partial charge is 0.501 e. The van der Waals surface area contributed by atoms with Crippen LogP contribution in [0, 0.1) is 18.2 Å². The number of hydrogen-bond donors (Lipinski definition) is 0. The average molecular weight is 968 g/mol. The number of imidazole rings is 1. The molecule has 0 aliphatic heterocycles. The Balaban J connectivity index is 0.000000213. The second-order valence-corrected chi connectivity index (χ2v) is 14.9. The Labute approximate surface area is 371 Å². The Kier molecular flexibility index (Phi) is 13.2. The summed E-state index contributed by atoms with van der Waals surface area (Å²) < 4.78 is 7.95. The summed E-state index contributed by atoms with van der Waals surface area (Å²) in [6, 6.07) is 64.5. The number of aryl methyl sites for hydroxylation is 5. The maximum Gasteiger partial charge on any atom is 3.00 e. The topological polar surface area (TPSA) is 56.7 Å². The number of furan rings is 1. The average Bonchev–Trinajstić information content (AvgIpc) is 3.92. The zero-order valence-electron chi connectivity index (χ0n) is 33.9. The van der Waals surface area contributed by atoms with Crippen LogP contribution >= 0.6 is 0 Å². The number of fused-ring (bicyclic) bond motifs is 3. The summed E-state index contributed by atoms with van der Waals surface area (Å²) >= 11 is 0. The van der Waals surface area contributed by atoms with Crippen LogP contribution in [0.1, 0.15) is 33.4 Å². The largest absolute Gasteiger partial charge is 3.00 e. The van der Waals surface area contributed by atoms with Gasteiger partial charge in [0.1, 0.15) is 5.58 Å². The fourth-order valence-electron chi connectivity index (χ4n) is 7.84. The molecule has 0 atom stereocenters. The minimum atomic E-state index is 0. The summed E-state index contributed by atoms with van der Waals surface area (Å²) in [4.78, 5) is 13.4. The fraction of sp³-hybridized carbons (Fsp3) is 0.109. The SMILES string of the molecule is Cn1ccnc1-c1[c-]ccc2c1oc1ccccc12.[Ir+3].[c-]1ccccc1-c1cc(CCc2ccccc2Cc2ccccc2CCc2cc[c-]c(-c3ccccn3)c2)ccn1. The van der Waals surface area contributed by atoms with Gasteiger partial charge in [0.2, 0.25) is 0 Å². The van der Waals surface area contributed by atoms with Gasteiger partial charge in [-0.2, -0.15) is 0 Å².